The maximum absolute atomic E-state index is 12.8. The van der Waals surface area contributed by atoms with Gasteiger partial charge < -0.3 is 19.7 Å². The minimum atomic E-state index is -1.26. The Morgan fingerprint density at radius 2 is 1.62 bits per heavy atom. The molecule has 1 amide bonds. The molecule has 2 N–H and O–H groups in total. The first-order valence-corrected chi connectivity index (χ1v) is 12.8. The minimum Gasteiger partial charge on any atom is -0.478 e. The Bertz CT molecular complexity index is 1060. The van der Waals surface area contributed by atoms with Crippen LogP contribution < -0.4 is 0 Å². The van der Waals surface area contributed by atoms with E-state index in [2.05, 4.69) is 39.0 Å². The number of halogens is 1. The molecule has 4 rings (SSSR count). The molecule has 2 aromatic carbocycles. The van der Waals surface area contributed by atoms with Crippen LogP contribution in [-0.2, 0) is 25.5 Å². The smallest absolute Gasteiger partial charge is 0.410 e. The Morgan fingerprint density at radius 1 is 1.00 bits per heavy atom. The van der Waals surface area contributed by atoms with Crippen LogP contribution in [0.1, 0.15) is 23.6 Å². The number of ether oxygens (including phenoxy) is 2. The maximum Gasteiger partial charge on any atom is 0.410 e. The van der Waals surface area contributed by atoms with Crippen molar-refractivity contribution >= 4 is 34.0 Å². The van der Waals surface area contributed by atoms with Gasteiger partial charge in [0.15, 0.2) is 0 Å². The fourth-order valence-corrected chi connectivity index (χ4v) is 4.71. The van der Waals surface area contributed by atoms with Gasteiger partial charge in [0.05, 0.1) is 25.8 Å². The van der Waals surface area contributed by atoms with Gasteiger partial charge in [-0.2, -0.15) is 0 Å². The molecule has 0 bridgehead atoms. The predicted octanol–water partition coefficient (Wildman–Crippen LogP) is 3.99. The van der Waals surface area contributed by atoms with E-state index < -0.39 is 11.9 Å². The van der Waals surface area contributed by atoms with Crippen molar-refractivity contribution in [1.29, 1.82) is 0 Å². The van der Waals surface area contributed by atoms with Crippen molar-refractivity contribution in [3.63, 3.8) is 0 Å². The highest BCUT2D eigenvalue weighted by molar-refractivity contribution is 9.10. The number of carboxylic acid groups (broad SMARTS) is 2. The molecule has 2 aliphatic rings. The quantitative estimate of drug-likeness (QED) is 0.432. The van der Waals surface area contributed by atoms with E-state index in [0.29, 0.717) is 25.1 Å². The number of cyclic esters (lactones) is 1. The summed E-state index contributed by atoms with van der Waals surface area (Å²) in [7, 11) is 0. The van der Waals surface area contributed by atoms with Gasteiger partial charge in [0.25, 0.3) is 0 Å². The van der Waals surface area contributed by atoms with E-state index in [-0.39, 0.29) is 18.2 Å². The Hall–Kier alpha value is -3.21. The molecular weight excluding hydrogens is 544 g/mol. The topological polar surface area (TPSA) is 117 Å². The molecule has 0 aliphatic carbocycles. The van der Waals surface area contributed by atoms with Gasteiger partial charge in [0, 0.05) is 42.7 Å². The summed E-state index contributed by atoms with van der Waals surface area (Å²) in [5, 5.41) is 15.6. The molecule has 0 radical (unpaired) electrons. The van der Waals surface area contributed by atoms with Crippen LogP contribution in [0.25, 0.3) is 0 Å². The van der Waals surface area contributed by atoms with Crippen LogP contribution in [0.5, 0.6) is 0 Å². The number of carbonyl (C=O) groups excluding carboxylic acids is 1. The maximum atomic E-state index is 12.8. The number of aliphatic carboxylic acids is 2. The van der Waals surface area contributed by atoms with Crippen molar-refractivity contribution < 1.29 is 34.1 Å². The van der Waals surface area contributed by atoms with Crippen molar-refractivity contribution in [2.75, 3.05) is 39.4 Å². The van der Waals surface area contributed by atoms with E-state index in [1.807, 2.05) is 41.3 Å². The molecule has 0 spiro atoms. The zero-order valence-electron chi connectivity index (χ0n) is 20.4. The summed E-state index contributed by atoms with van der Waals surface area (Å²) in [6, 6.07) is 18.5. The van der Waals surface area contributed by atoms with Crippen LogP contribution in [0, 0.1) is 0 Å². The standard InChI is InChI=1S/C23H27BrN2O3.C4H4O4/c24-21-9-5-4-8-19(21)16-20-17-26(23(27)29-20)22(18-6-2-1-3-7-18)10-11-25-12-14-28-15-13-25;5-3(6)1-2-4(7)8/h1-9,20,22H,10-17H2;1-2H,(H,5,6)(H,7,8). The number of carbonyl (C=O) groups is 3. The minimum absolute atomic E-state index is 0.0239. The molecule has 2 saturated heterocycles. The van der Waals surface area contributed by atoms with E-state index >= 15 is 0 Å². The predicted molar refractivity (Wildman–Crippen MR) is 140 cm³/mol. The Labute approximate surface area is 224 Å². The molecule has 0 aromatic heterocycles. The molecule has 2 fully saturated rings. The number of nitrogens with zero attached hydrogens (tertiary/aromatic N) is 2. The fraction of sp³-hybridized carbons (Fsp3) is 0.370. The van der Waals surface area contributed by atoms with Gasteiger partial charge in [-0.25, -0.2) is 14.4 Å². The SMILES string of the molecule is O=C(O)C=CC(=O)O.O=C1OC(Cc2ccccc2Br)CN1C(CCN1CCOCC1)c1ccccc1. The van der Waals surface area contributed by atoms with Crippen LogP contribution in [0.4, 0.5) is 4.79 Å². The van der Waals surface area contributed by atoms with Crippen molar-refractivity contribution in [2.24, 2.45) is 0 Å². The van der Waals surface area contributed by atoms with Crippen LogP contribution in [0.3, 0.4) is 0 Å². The Balaban J connectivity index is 0.000000414. The van der Waals surface area contributed by atoms with Gasteiger partial charge in [-0.15, -0.1) is 0 Å². The summed E-state index contributed by atoms with van der Waals surface area (Å²) in [5.74, 6) is -2.51. The molecule has 9 nitrogen and oxygen atoms in total. The lowest BCUT2D eigenvalue weighted by Crippen LogP contribution is -2.39. The van der Waals surface area contributed by atoms with Gasteiger partial charge in [0.2, 0.25) is 0 Å². The van der Waals surface area contributed by atoms with E-state index in [4.69, 9.17) is 19.7 Å². The highest BCUT2D eigenvalue weighted by Crippen LogP contribution is 2.31. The van der Waals surface area contributed by atoms with E-state index in [1.54, 1.807) is 0 Å². The second kappa shape index (κ2) is 14.5. The third kappa shape index (κ3) is 9.31. The third-order valence-corrected chi connectivity index (χ3v) is 6.83. The van der Waals surface area contributed by atoms with Crippen molar-refractivity contribution in [1.82, 2.24) is 9.80 Å². The largest absolute Gasteiger partial charge is 0.478 e. The summed E-state index contributed by atoms with van der Waals surface area (Å²) < 4.78 is 12.3. The first-order valence-electron chi connectivity index (χ1n) is 12.0. The molecule has 2 aromatic rings. The average molecular weight is 575 g/mol. The summed E-state index contributed by atoms with van der Waals surface area (Å²) in [5.41, 5.74) is 2.33. The van der Waals surface area contributed by atoms with Gasteiger partial charge in [0.1, 0.15) is 6.10 Å². The summed E-state index contributed by atoms with van der Waals surface area (Å²) in [6.45, 7) is 5.04. The molecule has 37 heavy (non-hydrogen) atoms. The number of hydrogen-bond acceptors (Lipinski definition) is 6. The van der Waals surface area contributed by atoms with Crippen LogP contribution in [0.2, 0.25) is 0 Å². The van der Waals surface area contributed by atoms with E-state index in [9.17, 15) is 14.4 Å². The Kier molecular flexibility index (Phi) is 11.1. The summed E-state index contributed by atoms with van der Waals surface area (Å²) in [6.07, 6.45) is 2.38. The van der Waals surface area contributed by atoms with E-state index in [1.165, 1.54) is 5.56 Å². The van der Waals surface area contributed by atoms with Crippen molar-refractivity contribution in [2.45, 2.75) is 25.0 Å². The normalized spacial score (nSPS) is 18.7. The summed E-state index contributed by atoms with van der Waals surface area (Å²) in [4.78, 5) is 36.2. The molecular formula is C27H31BrN2O7. The third-order valence-electron chi connectivity index (χ3n) is 6.06. The monoisotopic (exact) mass is 574 g/mol. The number of amides is 1. The lowest BCUT2D eigenvalue weighted by atomic mass is 10.0. The van der Waals surface area contributed by atoms with Crippen LogP contribution in [0.15, 0.2) is 71.2 Å². The summed E-state index contributed by atoms with van der Waals surface area (Å²) >= 11 is 3.60. The highest BCUT2D eigenvalue weighted by Gasteiger charge is 2.37. The molecule has 2 atom stereocenters. The number of benzene rings is 2. The number of carboxylic acids is 2. The molecule has 2 heterocycles. The zero-order chi connectivity index (χ0) is 26.6. The van der Waals surface area contributed by atoms with Gasteiger partial charge >= 0.3 is 18.0 Å². The van der Waals surface area contributed by atoms with Gasteiger partial charge in [-0.3, -0.25) is 9.80 Å². The fourth-order valence-electron chi connectivity index (χ4n) is 4.26. The number of rotatable bonds is 9. The molecule has 2 aliphatic heterocycles. The molecule has 0 saturated carbocycles. The van der Waals surface area contributed by atoms with Crippen molar-refractivity contribution in [3.05, 3.63) is 82.3 Å². The lowest BCUT2D eigenvalue weighted by Gasteiger charge is -2.31. The Morgan fingerprint density at radius 3 is 2.24 bits per heavy atom. The zero-order valence-corrected chi connectivity index (χ0v) is 22.0. The second-order valence-corrected chi connectivity index (χ2v) is 9.49. The second-order valence-electron chi connectivity index (χ2n) is 8.63. The van der Waals surface area contributed by atoms with Crippen molar-refractivity contribution in [3.8, 4) is 0 Å². The average Bonchev–Trinajstić information content (AvgIpc) is 3.25. The number of hydrogen-bond donors (Lipinski definition) is 2. The van der Waals surface area contributed by atoms with Crippen LogP contribution in [-0.4, -0.2) is 83.5 Å². The lowest BCUT2D eigenvalue weighted by molar-refractivity contribution is -0.134. The van der Waals surface area contributed by atoms with E-state index in [0.717, 1.165) is 49.3 Å². The molecule has 2 unspecified atom stereocenters. The number of morpholine rings is 1. The van der Waals surface area contributed by atoms with Gasteiger partial charge in [-0.1, -0.05) is 64.5 Å². The molecule has 10 heteroatoms. The molecule has 198 valence electrons. The highest BCUT2D eigenvalue weighted by atomic mass is 79.9. The first kappa shape index (κ1) is 28.4. The first-order chi connectivity index (χ1) is 17.8. The van der Waals surface area contributed by atoms with Gasteiger partial charge in [-0.05, 0) is 23.6 Å². The van der Waals surface area contributed by atoms with Crippen LogP contribution >= 0.6 is 15.9 Å².